The molecule has 3 aromatic heterocycles. The first-order chi connectivity index (χ1) is 14.8. The number of carbonyl (C=O) groups is 1. The lowest BCUT2D eigenvalue weighted by Gasteiger charge is -2.12. The highest BCUT2D eigenvalue weighted by Gasteiger charge is 2.18. The molecule has 0 atom stereocenters. The van der Waals surface area contributed by atoms with E-state index in [-0.39, 0.29) is 11.3 Å². The van der Waals surface area contributed by atoms with Gasteiger partial charge in [0.15, 0.2) is 5.78 Å². The Morgan fingerprint density at radius 1 is 1.10 bits per heavy atom. The highest BCUT2D eigenvalue weighted by atomic mass is 32.1. The van der Waals surface area contributed by atoms with Gasteiger partial charge < -0.3 is 4.98 Å². The van der Waals surface area contributed by atoms with E-state index in [2.05, 4.69) is 9.97 Å². The van der Waals surface area contributed by atoms with E-state index >= 15 is 0 Å². The number of nitrogens with one attached hydrogen (secondary N) is 1. The standard InChI is InChI=1S/C24H22N4O2S/c1-24(2,3)20(29)14-21-26-23(30)19(31-21)13-17-15-28(18-7-5-4-6-8-18)27-22(17)16-9-11-25-12-10-16/h4-15H,1-3H3,(H,26,30)/b19-13+,21-14+. The molecule has 0 aliphatic heterocycles. The summed E-state index contributed by atoms with van der Waals surface area (Å²) in [5, 5.41) is 4.75. The van der Waals surface area contributed by atoms with Crippen LogP contribution in [-0.2, 0) is 4.79 Å². The maximum Gasteiger partial charge on any atom is 0.266 e. The Kier molecular flexibility index (Phi) is 5.52. The summed E-state index contributed by atoms with van der Waals surface area (Å²) < 4.78 is 2.84. The highest BCUT2D eigenvalue weighted by Crippen LogP contribution is 2.23. The average molecular weight is 431 g/mol. The molecule has 31 heavy (non-hydrogen) atoms. The lowest BCUT2D eigenvalue weighted by atomic mass is 9.91. The molecular formula is C24H22N4O2S. The Labute approximate surface area is 183 Å². The zero-order valence-corrected chi connectivity index (χ0v) is 18.3. The number of hydrogen-bond donors (Lipinski definition) is 1. The smallest absolute Gasteiger partial charge is 0.266 e. The van der Waals surface area contributed by atoms with Gasteiger partial charge in [-0.25, -0.2) is 4.68 Å². The summed E-state index contributed by atoms with van der Waals surface area (Å²) in [7, 11) is 0. The fourth-order valence-corrected chi connectivity index (χ4v) is 3.82. The first kappa shape index (κ1) is 20.7. The van der Waals surface area contributed by atoms with Gasteiger partial charge in [-0.3, -0.25) is 14.6 Å². The van der Waals surface area contributed by atoms with Crippen LogP contribution in [0.3, 0.4) is 0 Å². The zero-order valence-electron chi connectivity index (χ0n) is 17.5. The fourth-order valence-electron chi connectivity index (χ4n) is 2.94. The first-order valence-electron chi connectivity index (χ1n) is 9.84. The van der Waals surface area contributed by atoms with Gasteiger partial charge in [-0.1, -0.05) is 39.0 Å². The van der Waals surface area contributed by atoms with Gasteiger partial charge in [0.2, 0.25) is 0 Å². The summed E-state index contributed by atoms with van der Waals surface area (Å²) in [6.07, 6.45) is 8.63. The Bertz CT molecular complexity index is 1390. The molecule has 0 saturated carbocycles. The van der Waals surface area contributed by atoms with Gasteiger partial charge in [-0.2, -0.15) is 5.10 Å². The Morgan fingerprint density at radius 2 is 1.81 bits per heavy atom. The minimum absolute atomic E-state index is 0.0362. The molecule has 4 aromatic rings. The molecule has 0 fully saturated rings. The van der Waals surface area contributed by atoms with Crippen LogP contribution >= 0.6 is 11.3 Å². The van der Waals surface area contributed by atoms with Crippen molar-refractivity contribution in [2.24, 2.45) is 5.41 Å². The maximum absolute atomic E-state index is 12.6. The topological polar surface area (TPSA) is 80.6 Å². The Morgan fingerprint density at radius 3 is 2.48 bits per heavy atom. The van der Waals surface area contributed by atoms with Crippen molar-refractivity contribution in [2.45, 2.75) is 20.8 Å². The number of hydrogen-bond acceptors (Lipinski definition) is 5. The lowest BCUT2D eigenvalue weighted by molar-refractivity contribution is -0.119. The number of thiazole rings is 1. The van der Waals surface area contributed by atoms with Gasteiger partial charge in [0.25, 0.3) is 5.56 Å². The Hall–Kier alpha value is -3.58. The number of aromatic amines is 1. The number of nitrogens with zero attached hydrogens (tertiary/aromatic N) is 3. The van der Waals surface area contributed by atoms with Crippen molar-refractivity contribution in [3.63, 3.8) is 0 Å². The molecule has 3 heterocycles. The van der Waals surface area contributed by atoms with Crippen LogP contribution < -0.4 is 14.8 Å². The molecule has 0 amide bonds. The van der Waals surface area contributed by atoms with E-state index in [4.69, 9.17) is 5.10 Å². The second-order valence-electron chi connectivity index (χ2n) is 8.14. The Balaban J connectivity index is 1.86. The van der Waals surface area contributed by atoms with Crippen LogP contribution in [0.1, 0.15) is 26.3 Å². The summed E-state index contributed by atoms with van der Waals surface area (Å²) in [4.78, 5) is 31.7. The summed E-state index contributed by atoms with van der Waals surface area (Å²) >= 11 is 1.26. The van der Waals surface area contributed by atoms with Crippen LogP contribution in [0.5, 0.6) is 0 Å². The van der Waals surface area contributed by atoms with E-state index in [9.17, 15) is 9.59 Å². The summed E-state index contributed by atoms with van der Waals surface area (Å²) in [6.45, 7) is 5.55. The van der Waals surface area contributed by atoms with Crippen molar-refractivity contribution in [1.82, 2.24) is 19.7 Å². The molecule has 6 nitrogen and oxygen atoms in total. The van der Waals surface area contributed by atoms with Gasteiger partial charge >= 0.3 is 0 Å². The monoisotopic (exact) mass is 430 g/mol. The minimum Gasteiger partial charge on any atom is -0.313 e. The van der Waals surface area contributed by atoms with Gasteiger partial charge in [0.1, 0.15) is 5.69 Å². The predicted molar refractivity (Wildman–Crippen MR) is 123 cm³/mol. The van der Waals surface area contributed by atoms with E-state index < -0.39 is 5.41 Å². The molecule has 1 aromatic carbocycles. The SMILES string of the molecule is CC(C)(C)C(=O)/C=c1\[nH]c(=O)/c(=C\c2cn(-c3ccccc3)nc2-c2ccncc2)s1. The van der Waals surface area contributed by atoms with Crippen LogP contribution in [0.2, 0.25) is 0 Å². The van der Waals surface area contributed by atoms with Gasteiger partial charge in [0.05, 0.1) is 14.9 Å². The molecule has 0 radical (unpaired) electrons. The van der Waals surface area contributed by atoms with E-state index in [1.807, 2.05) is 75.5 Å². The highest BCUT2D eigenvalue weighted by molar-refractivity contribution is 7.07. The number of ketones is 1. The molecule has 156 valence electrons. The lowest BCUT2D eigenvalue weighted by Crippen LogP contribution is -2.22. The number of benzene rings is 1. The predicted octanol–water partition coefficient (Wildman–Crippen LogP) is 2.91. The van der Waals surface area contributed by atoms with Crippen LogP contribution in [-0.4, -0.2) is 25.5 Å². The molecule has 0 aliphatic carbocycles. The molecule has 0 bridgehead atoms. The molecule has 0 saturated heterocycles. The molecule has 4 rings (SSSR count). The van der Waals surface area contributed by atoms with Crippen molar-refractivity contribution in [1.29, 1.82) is 0 Å². The van der Waals surface area contributed by atoms with Crippen LogP contribution in [0, 0.1) is 5.41 Å². The minimum atomic E-state index is -0.504. The molecule has 0 unspecified atom stereocenters. The van der Waals surface area contributed by atoms with Gasteiger partial charge in [0, 0.05) is 41.2 Å². The third kappa shape index (κ3) is 4.62. The van der Waals surface area contributed by atoms with Crippen LogP contribution in [0.4, 0.5) is 0 Å². The number of aromatic nitrogens is 4. The molecule has 7 heteroatoms. The third-order valence-corrected chi connectivity index (χ3v) is 5.65. The number of para-hydroxylation sites is 1. The van der Waals surface area contributed by atoms with Crippen molar-refractivity contribution >= 4 is 29.3 Å². The molecule has 1 N–H and O–H groups in total. The number of H-pyrrole nitrogens is 1. The number of Topliss-reactive ketones (excluding diaryl/α,β-unsaturated/α-hetero) is 1. The normalized spacial score (nSPS) is 13.0. The summed E-state index contributed by atoms with van der Waals surface area (Å²) in [5.41, 5.74) is 2.63. The van der Waals surface area contributed by atoms with Crippen molar-refractivity contribution < 1.29 is 4.79 Å². The second-order valence-corrected chi connectivity index (χ2v) is 9.22. The fraction of sp³-hybridized carbons (Fsp3) is 0.167. The van der Waals surface area contributed by atoms with Crippen molar-refractivity contribution in [3.05, 3.63) is 86.2 Å². The molecule has 0 aliphatic rings. The van der Waals surface area contributed by atoms with Crippen molar-refractivity contribution in [3.8, 4) is 16.9 Å². The van der Waals surface area contributed by atoms with Crippen LogP contribution in [0.25, 0.3) is 29.1 Å². The first-order valence-corrected chi connectivity index (χ1v) is 10.7. The third-order valence-electron chi connectivity index (χ3n) is 4.69. The van der Waals surface area contributed by atoms with E-state index in [0.29, 0.717) is 9.20 Å². The molecule has 0 spiro atoms. The quantitative estimate of drug-likeness (QED) is 0.540. The van der Waals surface area contributed by atoms with Crippen LogP contribution in [0.15, 0.2) is 65.8 Å². The zero-order chi connectivity index (χ0) is 22.0. The van der Waals surface area contributed by atoms with E-state index in [1.165, 1.54) is 17.4 Å². The second kappa shape index (κ2) is 8.28. The molecular weight excluding hydrogens is 408 g/mol. The maximum atomic E-state index is 12.6. The van der Waals surface area contributed by atoms with Gasteiger partial charge in [-0.15, -0.1) is 11.3 Å². The number of carbonyl (C=O) groups excluding carboxylic acids is 1. The summed E-state index contributed by atoms with van der Waals surface area (Å²) in [6, 6.07) is 13.6. The van der Waals surface area contributed by atoms with Crippen molar-refractivity contribution in [2.75, 3.05) is 0 Å². The number of pyridine rings is 1. The van der Waals surface area contributed by atoms with E-state index in [1.54, 1.807) is 17.1 Å². The largest absolute Gasteiger partial charge is 0.313 e. The van der Waals surface area contributed by atoms with Gasteiger partial charge in [-0.05, 0) is 30.3 Å². The number of rotatable bonds is 4. The van der Waals surface area contributed by atoms with E-state index in [0.717, 1.165) is 22.5 Å². The average Bonchev–Trinajstić information content (AvgIpc) is 3.32. The summed E-state index contributed by atoms with van der Waals surface area (Å²) in [5.74, 6) is -0.0362.